The number of benzene rings is 1. The molecule has 2 fully saturated rings. The summed E-state index contributed by atoms with van der Waals surface area (Å²) in [4.78, 5) is 18.2. The van der Waals surface area contributed by atoms with Gasteiger partial charge in [-0.25, -0.2) is 23.9 Å². The van der Waals surface area contributed by atoms with Crippen molar-refractivity contribution in [3.8, 4) is 11.1 Å². The van der Waals surface area contributed by atoms with Gasteiger partial charge in [-0.15, -0.1) is 0 Å². The standard InChI is InChI=1S/C29H31FN10O2/c1-29(31,21-2-4-23(30)5-3-21)22-12-32-28(33-13-22)38-8-6-37(7-9-38)27-24-10-19(14-39(24)36-18-34-27)20-11-35-40(15-20)25-16-42-17-26(25)41/h2-5,10-15,18,25-26,41H,6-9,16-17,31H2,1H3/t25-,26-,29?/m1/s1. The maximum absolute atomic E-state index is 13.4. The van der Waals surface area contributed by atoms with E-state index in [4.69, 9.17) is 10.5 Å². The lowest BCUT2D eigenvalue weighted by molar-refractivity contribution is 0.118. The highest BCUT2D eigenvalue weighted by Gasteiger charge is 2.29. The van der Waals surface area contributed by atoms with Crippen molar-refractivity contribution < 1.29 is 14.2 Å². The molecule has 3 N–H and O–H groups in total. The minimum absolute atomic E-state index is 0.183. The summed E-state index contributed by atoms with van der Waals surface area (Å²) in [7, 11) is 0. The average molecular weight is 571 g/mol. The van der Waals surface area contributed by atoms with Gasteiger partial charge in [-0.3, -0.25) is 4.68 Å². The van der Waals surface area contributed by atoms with Crippen LogP contribution in [-0.2, 0) is 10.3 Å². The Morgan fingerprint density at radius 3 is 2.36 bits per heavy atom. The molecule has 0 amide bonds. The van der Waals surface area contributed by atoms with Crippen LogP contribution in [0.4, 0.5) is 16.2 Å². The fourth-order valence-electron chi connectivity index (χ4n) is 5.60. The lowest BCUT2D eigenvalue weighted by Gasteiger charge is -2.35. The Hall–Kier alpha value is -4.46. The molecule has 0 saturated carbocycles. The van der Waals surface area contributed by atoms with Crippen LogP contribution in [0.5, 0.6) is 0 Å². The lowest BCUT2D eigenvalue weighted by atomic mass is 9.87. The van der Waals surface area contributed by atoms with Crippen LogP contribution >= 0.6 is 0 Å². The fourth-order valence-corrected chi connectivity index (χ4v) is 5.60. The molecule has 0 spiro atoms. The Balaban J connectivity index is 1.05. The van der Waals surface area contributed by atoms with Gasteiger partial charge in [-0.05, 0) is 30.7 Å². The zero-order valence-electron chi connectivity index (χ0n) is 23.1. The van der Waals surface area contributed by atoms with E-state index in [1.54, 1.807) is 41.7 Å². The number of hydrogen-bond acceptors (Lipinski definition) is 10. The zero-order chi connectivity index (χ0) is 28.8. The quantitative estimate of drug-likeness (QED) is 0.312. The molecule has 12 nitrogen and oxygen atoms in total. The molecule has 1 unspecified atom stereocenters. The highest BCUT2D eigenvalue weighted by Crippen LogP contribution is 2.30. The summed E-state index contributed by atoms with van der Waals surface area (Å²) < 4.78 is 22.4. The van der Waals surface area contributed by atoms with Crippen LogP contribution in [0, 0.1) is 5.82 Å². The second-order valence-electron chi connectivity index (χ2n) is 11.0. The molecule has 0 aliphatic carbocycles. The molecule has 7 rings (SSSR count). The van der Waals surface area contributed by atoms with Crippen molar-refractivity contribution in [1.29, 1.82) is 0 Å². The second-order valence-corrected chi connectivity index (χ2v) is 11.0. The first-order valence-electron chi connectivity index (χ1n) is 13.9. The van der Waals surface area contributed by atoms with Gasteiger partial charge < -0.3 is 25.4 Å². The van der Waals surface area contributed by atoms with E-state index in [0.717, 1.165) is 59.8 Å². The van der Waals surface area contributed by atoms with Crippen LogP contribution in [0.15, 0.2) is 67.6 Å². The molecule has 216 valence electrons. The third-order valence-electron chi connectivity index (χ3n) is 8.23. The van der Waals surface area contributed by atoms with Gasteiger partial charge in [0.25, 0.3) is 0 Å². The van der Waals surface area contributed by atoms with E-state index in [9.17, 15) is 9.50 Å². The number of nitrogens with two attached hydrogens (primary N) is 1. The number of hydrogen-bond donors (Lipinski definition) is 2. The molecule has 2 aliphatic rings. The average Bonchev–Trinajstić information content (AvgIpc) is 3.77. The summed E-state index contributed by atoms with van der Waals surface area (Å²) in [6, 6.07) is 8.06. The van der Waals surface area contributed by atoms with E-state index < -0.39 is 11.6 Å². The summed E-state index contributed by atoms with van der Waals surface area (Å²) in [5.41, 5.74) is 10.1. The van der Waals surface area contributed by atoms with Gasteiger partial charge in [0, 0.05) is 67.7 Å². The molecule has 0 radical (unpaired) electrons. The minimum atomic E-state index is -0.843. The monoisotopic (exact) mass is 570 g/mol. The summed E-state index contributed by atoms with van der Waals surface area (Å²) >= 11 is 0. The lowest BCUT2D eigenvalue weighted by Crippen LogP contribution is -2.47. The van der Waals surface area contributed by atoms with Crippen molar-refractivity contribution in [2.24, 2.45) is 5.73 Å². The van der Waals surface area contributed by atoms with E-state index >= 15 is 0 Å². The van der Waals surface area contributed by atoms with Crippen LogP contribution in [0.3, 0.4) is 0 Å². The molecule has 1 aromatic carbocycles. The SMILES string of the molecule is CC(N)(c1ccc(F)cc1)c1cnc(N2CCN(c3ncnn4cc(-c5cnn([C@@H]6COC[C@H]6O)c5)cc34)CC2)nc1. The Labute approximate surface area is 241 Å². The Bertz CT molecular complexity index is 1690. The number of ether oxygens (including phenoxy) is 1. The smallest absolute Gasteiger partial charge is 0.225 e. The van der Waals surface area contributed by atoms with Gasteiger partial charge in [0.15, 0.2) is 5.82 Å². The van der Waals surface area contributed by atoms with Gasteiger partial charge in [-0.2, -0.15) is 10.2 Å². The van der Waals surface area contributed by atoms with Crippen molar-refractivity contribution in [2.75, 3.05) is 49.2 Å². The number of nitrogens with zero attached hydrogens (tertiary/aromatic N) is 9. The van der Waals surface area contributed by atoms with E-state index in [2.05, 4.69) is 41.0 Å². The molecular weight excluding hydrogens is 539 g/mol. The number of aliphatic hydroxyl groups is 1. The van der Waals surface area contributed by atoms with Crippen molar-refractivity contribution in [1.82, 2.24) is 34.3 Å². The van der Waals surface area contributed by atoms with E-state index in [1.165, 1.54) is 12.1 Å². The number of aromatic nitrogens is 7. The fraction of sp³-hybridized carbons (Fsp3) is 0.345. The number of halogens is 1. The summed E-state index contributed by atoms with van der Waals surface area (Å²) in [6.07, 6.45) is 10.2. The maximum Gasteiger partial charge on any atom is 0.225 e. The minimum Gasteiger partial charge on any atom is -0.388 e. The number of aliphatic hydroxyl groups excluding tert-OH is 1. The van der Waals surface area contributed by atoms with Gasteiger partial charge in [0.2, 0.25) is 5.95 Å². The van der Waals surface area contributed by atoms with Crippen LogP contribution < -0.4 is 15.5 Å². The first-order chi connectivity index (χ1) is 20.4. The number of anilines is 2. The third kappa shape index (κ3) is 4.74. The molecule has 42 heavy (non-hydrogen) atoms. The third-order valence-corrected chi connectivity index (χ3v) is 8.23. The van der Waals surface area contributed by atoms with Gasteiger partial charge in [0.1, 0.15) is 29.8 Å². The topological polar surface area (TPSA) is 136 Å². The first-order valence-corrected chi connectivity index (χ1v) is 13.9. The largest absolute Gasteiger partial charge is 0.388 e. The Kier molecular flexibility index (Phi) is 6.56. The van der Waals surface area contributed by atoms with Crippen molar-refractivity contribution >= 4 is 17.3 Å². The zero-order valence-corrected chi connectivity index (χ0v) is 23.1. The first kappa shape index (κ1) is 26.4. The van der Waals surface area contributed by atoms with E-state index in [0.29, 0.717) is 19.2 Å². The maximum atomic E-state index is 13.4. The number of piperazine rings is 1. The van der Waals surface area contributed by atoms with Gasteiger partial charge >= 0.3 is 0 Å². The van der Waals surface area contributed by atoms with Crippen molar-refractivity contribution in [3.05, 3.63) is 84.6 Å². The molecule has 13 heteroatoms. The highest BCUT2D eigenvalue weighted by atomic mass is 19.1. The Morgan fingerprint density at radius 1 is 0.905 bits per heavy atom. The molecular formula is C29H31FN10O2. The normalized spacial score (nSPS) is 20.8. The second kappa shape index (κ2) is 10.4. The summed E-state index contributed by atoms with van der Waals surface area (Å²) in [6.45, 7) is 5.55. The molecule has 0 bridgehead atoms. The summed E-state index contributed by atoms with van der Waals surface area (Å²) in [5, 5.41) is 19.1. The van der Waals surface area contributed by atoms with Crippen LogP contribution in [0.1, 0.15) is 24.1 Å². The molecule has 5 aromatic rings. The predicted octanol–water partition coefficient (Wildman–Crippen LogP) is 2.00. The molecule has 4 aromatic heterocycles. The summed E-state index contributed by atoms with van der Waals surface area (Å²) in [5.74, 6) is 1.20. The van der Waals surface area contributed by atoms with Crippen LogP contribution in [-0.4, -0.2) is 84.9 Å². The Morgan fingerprint density at radius 2 is 1.64 bits per heavy atom. The van der Waals surface area contributed by atoms with Crippen molar-refractivity contribution in [3.63, 3.8) is 0 Å². The molecule has 2 aliphatic heterocycles. The van der Waals surface area contributed by atoms with E-state index in [-0.39, 0.29) is 11.9 Å². The number of fused-ring (bicyclic) bond motifs is 1. The molecule has 3 atom stereocenters. The van der Waals surface area contributed by atoms with Gasteiger partial charge in [-0.1, -0.05) is 12.1 Å². The van der Waals surface area contributed by atoms with Gasteiger partial charge in [0.05, 0.1) is 24.9 Å². The predicted molar refractivity (Wildman–Crippen MR) is 154 cm³/mol. The molecule has 6 heterocycles. The van der Waals surface area contributed by atoms with E-state index in [1.807, 2.05) is 23.8 Å². The highest BCUT2D eigenvalue weighted by molar-refractivity contribution is 5.77. The van der Waals surface area contributed by atoms with Crippen molar-refractivity contribution in [2.45, 2.75) is 24.6 Å². The van der Waals surface area contributed by atoms with Crippen LogP contribution in [0.25, 0.3) is 16.6 Å². The molecule has 2 saturated heterocycles. The van der Waals surface area contributed by atoms with Crippen LogP contribution in [0.2, 0.25) is 0 Å². The number of rotatable bonds is 6.